The van der Waals surface area contributed by atoms with E-state index >= 15 is 0 Å². The molecule has 26 heavy (non-hydrogen) atoms. The number of allylic oxidation sites excluding steroid dienone is 1. The lowest BCUT2D eigenvalue weighted by Gasteiger charge is -2.38. The van der Waals surface area contributed by atoms with Crippen LogP contribution >= 0.6 is 0 Å². The van der Waals surface area contributed by atoms with Crippen LogP contribution in [0.2, 0.25) is 18.1 Å². The zero-order valence-corrected chi connectivity index (χ0v) is 19.5. The molecule has 0 heterocycles. The van der Waals surface area contributed by atoms with E-state index in [1.54, 1.807) is 6.08 Å². The van der Waals surface area contributed by atoms with Gasteiger partial charge in [-0.25, -0.2) is 4.79 Å². The van der Waals surface area contributed by atoms with Crippen LogP contribution in [0.1, 0.15) is 92.4 Å². The number of rotatable bonds is 14. The molecule has 0 rings (SSSR count). The minimum absolute atomic E-state index is 0.223. The van der Waals surface area contributed by atoms with Gasteiger partial charge in [0.1, 0.15) is 0 Å². The zero-order valence-electron chi connectivity index (χ0n) is 18.5. The molecule has 0 aromatic rings. The monoisotopic (exact) mass is 384 g/mol. The van der Waals surface area contributed by atoms with Gasteiger partial charge in [0, 0.05) is 12.2 Å². The summed E-state index contributed by atoms with van der Waals surface area (Å²) in [6.07, 6.45) is 15.0. The number of carbonyl (C=O) groups excluding carboxylic acids is 1. The van der Waals surface area contributed by atoms with Crippen molar-refractivity contribution in [2.75, 3.05) is 6.61 Å². The van der Waals surface area contributed by atoms with Crippen LogP contribution in [-0.4, -0.2) is 27.0 Å². The van der Waals surface area contributed by atoms with Gasteiger partial charge < -0.3 is 9.16 Å². The molecule has 0 fully saturated rings. The molecule has 0 aromatic heterocycles. The predicted octanol–water partition coefficient (Wildman–Crippen LogP) is 7.03. The lowest BCUT2D eigenvalue weighted by Crippen LogP contribution is -2.43. The van der Waals surface area contributed by atoms with Crippen molar-refractivity contribution in [3.63, 3.8) is 0 Å². The average molecular weight is 385 g/mol. The van der Waals surface area contributed by atoms with Gasteiger partial charge in [-0.2, -0.15) is 0 Å². The van der Waals surface area contributed by atoms with E-state index < -0.39 is 8.32 Å². The first-order valence-corrected chi connectivity index (χ1v) is 13.5. The zero-order chi connectivity index (χ0) is 20.1. The van der Waals surface area contributed by atoms with Crippen molar-refractivity contribution >= 4 is 14.3 Å². The molecule has 0 aliphatic carbocycles. The number of unbranched alkanes of at least 4 members (excludes halogenated alkanes) is 7. The molecule has 1 atom stereocenters. The smallest absolute Gasteiger partial charge is 0.330 e. The Morgan fingerprint density at radius 2 is 1.54 bits per heavy atom. The van der Waals surface area contributed by atoms with Gasteiger partial charge in [-0.1, -0.05) is 65.4 Å². The number of carbonyl (C=O) groups is 1. The number of ether oxygens (including phenoxy) is 1. The molecule has 0 bridgehead atoms. The summed E-state index contributed by atoms with van der Waals surface area (Å²) in [5.74, 6) is -0.223. The highest BCUT2D eigenvalue weighted by Gasteiger charge is 2.38. The molecular formula is C22H44O3Si. The average Bonchev–Trinajstić information content (AvgIpc) is 2.51. The summed E-state index contributed by atoms with van der Waals surface area (Å²) in [6, 6.07) is 0. The van der Waals surface area contributed by atoms with Crippen LogP contribution in [0.5, 0.6) is 0 Å². The molecule has 1 unspecified atom stereocenters. The quantitative estimate of drug-likeness (QED) is 0.140. The van der Waals surface area contributed by atoms with E-state index in [0.29, 0.717) is 17.7 Å². The molecule has 0 aliphatic rings. The first-order valence-electron chi connectivity index (χ1n) is 10.6. The predicted molar refractivity (Wildman–Crippen MR) is 115 cm³/mol. The molecular weight excluding hydrogens is 340 g/mol. The van der Waals surface area contributed by atoms with Crippen LogP contribution in [-0.2, 0) is 14.0 Å². The maximum atomic E-state index is 11.1. The lowest BCUT2D eigenvalue weighted by atomic mass is 10.1. The van der Waals surface area contributed by atoms with Crippen LogP contribution in [0.3, 0.4) is 0 Å². The third kappa shape index (κ3) is 12.7. The molecule has 0 spiro atoms. The van der Waals surface area contributed by atoms with Gasteiger partial charge >= 0.3 is 5.97 Å². The van der Waals surface area contributed by atoms with Gasteiger partial charge in [-0.05, 0) is 51.2 Å². The van der Waals surface area contributed by atoms with Crippen LogP contribution < -0.4 is 0 Å². The highest BCUT2D eigenvalue weighted by atomic mass is 28.4. The van der Waals surface area contributed by atoms with Crippen LogP contribution in [0, 0.1) is 0 Å². The molecule has 3 nitrogen and oxygen atoms in total. The van der Waals surface area contributed by atoms with E-state index in [9.17, 15) is 4.79 Å². The Balaban J connectivity index is 3.55. The largest absolute Gasteiger partial charge is 0.463 e. The number of hydrogen-bond donors (Lipinski definition) is 0. The Morgan fingerprint density at radius 1 is 1.00 bits per heavy atom. The second-order valence-electron chi connectivity index (χ2n) is 8.90. The second kappa shape index (κ2) is 13.5. The van der Waals surface area contributed by atoms with Gasteiger partial charge in [-0.3, -0.25) is 0 Å². The van der Waals surface area contributed by atoms with Crippen LogP contribution in [0.15, 0.2) is 12.2 Å². The minimum atomic E-state index is -1.61. The summed E-state index contributed by atoms with van der Waals surface area (Å²) in [6.45, 7) is 16.1. The summed E-state index contributed by atoms with van der Waals surface area (Å²) in [4.78, 5) is 11.1. The molecule has 154 valence electrons. The Kier molecular flexibility index (Phi) is 13.2. The summed E-state index contributed by atoms with van der Waals surface area (Å²) in [5.41, 5.74) is 0. The highest BCUT2D eigenvalue weighted by Crippen LogP contribution is 2.37. The molecule has 0 radical (unpaired) electrons. The molecule has 0 saturated heterocycles. The second-order valence-corrected chi connectivity index (χ2v) is 13.7. The number of hydrogen-bond acceptors (Lipinski definition) is 3. The first-order chi connectivity index (χ1) is 12.1. The van der Waals surface area contributed by atoms with Crippen LogP contribution in [0.25, 0.3) is 0 Å². The van der Waals surface area contributed by atoms with E-state index in [4.69, 9.17) is 9.16 Å². The van der Waals surface area contributed by atoms with Crippen molar-refractivity contribution in [2.45, 2.75) is 117 Å². The maximum Gasteiger partial charge on any atom is 0.330 e. The van der Waals surface area contributed by atoms with E-state index in [2.05, 4.69) is 40.8 Å². The molecule has 0 amide bonds. The molecule has 0 N–H and O–H groups in total. The van der Waals surface area contributed by atoms with E-state index in [-0.39, 0.29) is 5.97 Å². The topological polar surface area (TPSA) is 35.5 Å². The van der Waals surface area contributed by atoms with Crippen molar-refractivity contribution in [2.24, 2.45) is 0 Å². The van der Waals surface area contributed by atoms with Crippen molar-refractivity contribution in [1.82, 2.24) is 0 Å². The summed E-state index contributed by atoms with van der Waals surface area (Å²) >= 11 is 0. The van der Waals surface area contributed by atoms with Crippen LogP contribution in [0.4, 0.5) is 0 Å². The summed E-state index contributed by atoms with van der Waals surface area (Å²) in [5, 5.41) is 0.298. The fraction of sp³-hybridized carbons (Fsp3) is 0.864. The third-order valence-electron chi connectivity index (χ3n) is 5.32. The molecule has 4 heteroatoms. The summed E-state index contributed by atoms with van der Waals surface area (Å²) in [7, 11) is -1.61. The standard InChI is InChI=1S/C22H44O3Si/c1-8-24-21(23)19-17-15-13-11-9-10-12-14-16-18-20(2)25-26(6,7)22(3,4)5/h17,19-20H,8-16,18H2,1-7H3/b19-17+. The highest BCUT2D eigenvalue weighted by molar-refractivity contribution is 6.74. The van der Waals surface area contributed by atoms with Crippen molar-refractivity contribution < 1.29 is 14.0 Å². The van der Waals surface area contributed by atoms with Crippen molar-refractivity contribution in [3.8, 4) is 0 Å². The molecule has 0 saturated carbocycles. The van der Waals surface area contributed by atoms with Crippen molar-refractivity contribution in [3.05, 3.63) is 12.2 Å². The Hall–Kier alpha value is -0.613. The van der Waals surface area contributed by atoms with Gasteiger partial charge in [0.2, 0.25) is 0 Å². The minimum Gasteiger partial charge on any atom is -0.463 e. The lowest BCUT2D eigenvalue weighted by molar-refractivity contribution is -0.137. The third-order valence-corrected chi connectivity index (χ3v) is 9.93. The molecule has 0 aromatic carbocycles. The fourth-order valence-corrected chi connectivity index (χ4v) is 4.16. The maximum absolute atomic E-state index is 11.1. The van der Waals surface area contributed by atoms with E-state index in [0.717, 1.165) is 12.8 Å². The Bertz CT molecular complexity index is 397. The Labute approximate surface area is 164 Å². The van der Waals surface area contributed by atoms with Gasteiger partial charge in [0.05, 0.1) is 6.61 Å². The van der Waals surface area contributed by atoms with Gasteiger partial charge in [-0.15, -0.1) is 0 Å². The fourth-order valence-electron chi connectivity index (χ4n) is 2.69. The summed E-state index contributed by atoms with van der Waals surface area (Å²) < 4.78 is 11.3. The first kappa shape index (κ1) is 25.4. The van der Waals surface area contributed by atoms with E-state index in [1.807, 2.05) is 13.0 Å². The molecule has 0 aliphatic heterocycles. The van der Waals surface area contributed by atoms with Crippen molar-refractivity contribution in [1.29, 1.82) is 0 Å². The normalized spacial score (nSPS) is 14.0. The van der Waals surface area contributed by atoms with E-state index in [1.165, 1.54) is 44.9 Å². The number of esters is 1. The Morgan fingerprint density at radius 3 is 2.08 bits per heavy atom. The van der Waals surface area contributed by atoms with Gasteiger partial charge in [0.25, 0.3) is 0 Å². The SMILES string of the molecule is CCOC(=O)/C=C/CCCCCCCCCC(C)O[Si](C)(C)C(C)(C)C. The van der Waals surface area contributed by atoms with Gasteiger partial charge in [0.15, 0.2) is 8.32 Å².